The molecule has 0 aromatic heterocycles. The first-order valence-corrected chi connectivity index (χ1v) is 6.70. The normalized spacial score (nSPS) is 25.4. The van der Waals surface area contributed by atoms with Gasteiger partial charge in [-0.15, -0.1) is 0 Å². The van der Waals surface area contributed by atoms with Crippen LogP contribution in [0.2, 0.25) is 0 Å². The first-order valence-electron chi connectivity index (χ1n) is 6.70. The monoisotopic (exact) mass is 224 g/mol. The summed E-state index contributed by atoms with van der Waals surface area (Å²) in [7, 11) is 0. The predicted octanol–water partition coefficient (Wildman–Crippen LogP) is 1.63. The topological polar surface area (TPSA) is 32.3 Å². The smallest absolute Gasteiger partial charge is 0.223 e. The second kappa shape index (κ2) is 5.17. The van der Waals surface area contributed by atoms with Gasteiger partial charge in [0, 0.05) is 18.5 Å². The van der Waals surface area contributed by atoms with E-state index in [9.17, 15) is 4.79 Å². The van der Waals surface area contributed by atoms with Gasteiger partial charge in [0.25, 0.3) is 0 Å². The third kappa shape index (κ3) is 2.97. The molecule has 2 unspecified atom stereocenters. The van der Waals surface area contributed by atoms with Crippen molar-refractivity contribution < 1.29 is 4.79 Å². The van der Waals surface area contributed by atoms with Crippen molar-refractivity contribution in [2.45, 2.75) is 45.6 Å². The summed E-state index contributed by atoms with van der Waals surface area (Å²) in [5.74, 6) is 1.15. The maximum absolute atomic E-state index is 11.8. The number of amides is 1. The average molecular weight is 224 g/mol. The number of nitrogens with one attached hydrogen (secondary N) is 1. The van der Waals surface area contributed by atoms with Gasteiger partial charge in [0.1, 0.15) is 0 Å². The molecule has 2 fully saturated rings. The van der Waals surface area contributed by atoms with E-state index in [2.05, 4.69) is 24.1 Å². The van der Waals surface area contributed by atoms with Gasteiger partial charge < -0.3 is 5.32 Å². The Bertz CT molecular complexity index is 244. The fraction of sp³-hybridized carbons (Fsp3) is 0.923. The van der Waals surface area contributed by atoms with Crippen LogP contribution in [0.25, 0.3) is 0 Å². The Balaban J connectivity index is 1.67. The predicted molar refractivity (Wildman–Crippen MR) is 65.2 cm³/mol. The zero-order chi connectivity index (χ0) is 11.5. The van der Waals surface area contributed by atoms with Crippen LogP contribution in [0.5, 0.6) is 0 Å². The molecule has 0 bridgehead atoms. The van der Waals surface area contributed by atoms with Crippen LogP contribution in [0.15, 0.2) is 0 Å². The van der Waals surface area contributed by atoms with E-state index in [1.807, 2.05) is 0 Å². The Morgan fingerprint density at radius 1 is 1.31 bits per heavy atom. The Kier molecular flexibility index (Phi) is 3.85. The van der Waals surface area contributed by atoms with Crippen LogP contribution in [0.3, 0.4) is 0 Å². The summed E-state index contributed by atoms with van der Waals surface area (Å²) in [6.07, 6.45) is 5.13. The first-order chi connectivity index (χ1) is 7.68. The van der Waals surface area contributed by atoms with Crippen molar-refractivity contribution in [1.82, 2.24) is 10.2 Å². The third-order valence-corrected chi connectivity index (χ3v) is 4.08. The van der Waals surface area contributed by atoms with Crippen LogP contribution in [0, 0.1) is 11.8 Å². The summed E-state index contributed by atoms with van der Waals surface area (Å²) < 4.78 is 0. The Morgan fingerprint density at radius 2 is 1.94 bits per heavy atom. The fourth-order valence-corrected chi connectivity index (χ4v) is 2.53. The van der Waals surface area contributed by atoms with Gasteiger partial charge in [0.2, 0.25) is 5.91 Å². The molecule has 0 aromatic rings. The molecule has 3 heteroatoms. The zero-order valence-corrected chi connectivity index (χ0v) is 10.5. The second-order valence-corrected chi connectivity index (χ2v) is 5.46. The molecule has 2 atom stereocenters. The van der Waals surface area contributed by atoms with E-state index >= 15 is 0 Å². The molecular weight excluding hydrogens is 200 g/mol. The van der Waals surface area contributed by atoms with Crippen molar-refractivity contribution >= 4 is 5.91 Å². The summed E-state index contributed by atoms with van der Waals surface area (Å²) in [6, 6.07) is 0.498. The number of rotatable bonds is 5. The fourth-order valence-electron chi connectivity index (χ4n) is 2.53. The van der Waals surface area contributed by atoms with Crippen LogP contribution in [0.1, 0.15) is 39.5 Å². The molecule has 1 N–H and O–H groups in total. The first kappa shape index (κ1) is 11.9. The van der Waals surface area contributed by atoms with Crippen molar-refractivity contribution in [3.63, 3.8) is 0 Å². The Morgan fingerprint density at radius 3 is 2.50 bits per heavy atom. The molecule has 2 rings (SSSR count). The lowest BCUT2D eigenvalue weighted by molar-refractivity contribution is -0.125. The van der Waals surface area contributed by atoms with Crippen molar-refractivity contribution in [3.8, 4) is 0 Å². The number of nitrogens with zero attached hydrogens (tertiary/aromatic N) is 1. The Hall–Kier alpha value is -0.570. The molecule has 1 aliphatic carbocycles. The molecule has 16 heavy (non-hydrogen) atoms. The van der Waals surface area contributed by atoms with E-state index in [0.717, 1.165) is 6.54 Å². The molecule has 2 aliphatic rings. The van der Waals surface area contributed by atoms with E-state index in [-0.39, 0.29) is 11.8 Å². The molecule has 0 aromatic carbocycles. The van der Waals surface area contributed by atoms with E-state index in [0.29, 0.717) is 12.0 Å². The van der Waals surface area contributed by atoms with Gasteiger partial charge in [-0.25, -0.2) is 0 Å². The molecule has 1 heterocycles. The van der Waals surface area contributed by atoms with E-state index in [1.54, 1.807) is 0 Å². The number of carbonyl (C=O) groups is 1. The van der Waals surface area contributed by atoms with Gasteiger partial charge in [-0.3, -0.25) is 9.69 Å². The van der Waals surface area contributed by atoms with Gasteiger partial charge in [-0.1, -0.05) is 6.92 Å². The average Bonchev–Trinajstić information content (AvgIpc) is 2.99. The SMILES string of the molecule is CC(C(=O)NCC(C)N1CCCC1)C1CC1. The summed E-state index contributed by atoms with van der Waals surface area (Å²) in [5, 5.41) is 3.10. The van der Waals surface area contributed by atoms with Crippen LogP contribution in [-0.4, -0.2) is 36.5 Å². The van der Waals surface area contributed by atoms with Gasteiger partial charge in [0.05, 0.1) is 0 Å². The summed E-state index contributed by atoms with van der Waals surface area (Å²) >= 11 is 0. The highest BCUT2D eigenvalue weighted by molar-refractivity contribution is 5.78. The molecule has 0 spiro atoms. The van der Waals surface area contributed by atoms with E-state index in [1.165, 1.54) is 38.8 Å². The van der Waals surface area contributed by atoms with E-state index in [4.69, 9.17) is 0 Å². The standard InChI is InChI=1S/C13H24N2O/c1-10(15-7-3-4-8-15)9-14-13(16)11(2)12-5-6-12/h10-12H,3-9H2,1-2H3,(H,14,16). The molecular formula is C13H24N2O. The zero-order valence-electron chi connectivity index (χ0n) is 10.5. The largest absolute Gasteiger partial charge is 0.354 e. The van der Waals surface area contributed by atoms with Gasteiger partial charge in [-0.05, 0) is 51.6 Å². The van der Waals surface area contributed by atoms with Crippen molar-refractivity contribution in [1.29, 1.82) is 0 Å². The summed E-state index contributed by atoms with van der Waals surface area (Å²) in [5.41, 5.74) is 0. The van der Waals surface area contributed by atoms with Gasteiger partial charge >= 0.3 is 0 Å². The number of carbonyl (C=O) groups excluding carboxylic acids is 1. The molecule has 92 valence electrons. The minimum absolute atomic E-state index is 0.228. The highest BCUT2D eigenvalue weighted by atomic mass is 16.1. The highest BCUT2D eigenvalue weighted by Gasteiger charge is 2.32. The highest BCUT2D eigenvalue weighted by Crippen LogP contribution is 2.36. The number of hydrogen-bond acceptors (Lipinski definition) is 2. The molecule has 0 radical (unpaired) electrons. The number of likely N-dealkylation sites (tertiary alicyclic amines) is 1. The molecule has 1 aliphatic heterocycles. The van der Waals surface area contributed by atoms with Crippen molar-refractivity contribution in [2.75, 3.05) is 19.6 Å². The van der Waals surface area contributed by atoms with E-state index < -0.39 is 0 Å². The summed E-state index contributed by atoms with van der Waals surface area (Å²) in [4.78, 5) is 14.3. The molecule has 1 saturated carbocycles. The van der Waals surface area contributed by atoms with Crippen LogP contribution in [-0.2, 0) is 4.79 Å². The number of hydrogen-bond donors (Lipinski definition) is 1. The van der Waals surface area contributed by atoms with Crippen molar-refractivity contribution in [3.05, 3.63) is 0 Å². The van der Waals surface area contributed by atoms with Crippen LogP contribution >= 0.6 is 0 Å². The van der Waals surface area contributed by atoms with Crippen LogP contribution < -0.4 is 5.32 Å². The summed E-state index contributed by atoms with van der Waals surface area (Å²) in [6.45, 7) is 7.50. The lowest BCUT2D eigenvalue weighted by Crippen LogP contribution is -2.42. The molecule has 1 saturated heterocycles. The lowest BCUT2D eigenvalue weighted by atomic mass is 10.1. The van der Waals surface area contributed by atoms with Gasteiger partial charge in [0.15, 0.2) is 0 Å². The minimum atomic E-state index is 0.228. The third-order valence-electron chi connectivity index (χ3n) is 4.08. The van der Waals surface area contributed by atoms with Crippen molar-refractivity contribution in [2.24, 2.45) is 11.8 Å². The maximum atomic E-state index is 11.8. The van der Waals surface area contributed by atoms with Gasteiger partial charge in [-0.2, -0.15) is 0 Å². The molecule has 3 nitrogen and oxygen atoms in total. The lowest BCUT2D eigenvalue weighted by Gasteiger charge is -2.24. The molecule has 1 amide bonds. The maximum Gasteiger partial charge on any atom is 0.223 e. The second-order valence-electron chi connectivity index (χ2n) is 5.46. The minimum Gasteiger partial charge on any atom is -0.354 e. The Labute approximate surface area is 98.6 Å². The quantitative estimate of drug-likeness (QED) is 0.770. The van der Waals surface area contributed by atoms with Crippen LogP contribution in [0.4, 0.5) is 0 Å².